The third-order valence-electron chi connectivity index (χ3n) is 6.16. The van der Waals surface area contributed by atoms with Crippen molar-refractivity contribution in [3.63, 3.8) is 0 Å². The maximum Gasteiger partial charge on any atom is 0.258 e. The number of aryl methyl sites for hydroxylation is 1. The summed E-state index contributed by atoms with van der Waals surface area (Å²) in [6.45, 7) is 1.10. The fourth-order valence-corrected chi connectivity index (χ4v) is 4.34. The second kappa shape index (κ2) is 11.0. The molecule has 0 saturated heterocycles. The highest BCUT2D eigenvalue weighted by molar-refractivity contribution is 6.07. The molecule has 0 aromatic heterocycles. The van der Waals surface area contributed by atoms with Crippen LogP contribution in [-0.2, 0) is 24.2 Å². The molecule has 182 valence electrons. The number of methoxy groups -OCH3 is 3. The highest BCUT2D eigenvalue weighted by Crippen LogP contribution is 2.38. The van der Waals surface area contributed by atoms with Crippen molar-refractivity contribution in [3.05, 3.63) is 82.9 Å². The molecule has 1 aliphatic rings. The van der Waals surface area contributed by atoms with E-state index in [9.17, 15) is 9.59 Å². The molecule has 0 saturated carbocycles. The summed E-state index contributed by atoms with van der Waals surface area (Å²) < 4.78 is 16.1. The third kappa shape index (κ3) is 5.40. The molecule has 2 amide bonds. The van der Waals surface area contributed by atoms with E-state index >= 15 is 0 Å². The lowest BCUT2D eigenvalue weighted by Crippen LogP contribution is -2.28. The zero-order valence-corrected chi connectivity index (χ0v) is 20.3. The largest absolute Gasteiger partial charge is 0.493 e. The van der Waals surface area contributed by atoms with E-state index in [4.69, 9.17) is 14.2 Å². The minimum Gasteiger partial charge on any atom is -0.493 e. The molecule has 3 aromatic rings. The molecule has 1 aliphatic heterocycles. The van der Waals surface area contributed by atoms with E-state index in [1.54, 1.807) is 21.3 Å². The van der Waals surface area contributed by atoms with E-state index in [1.807, 2.05) is 59.5 Å². The van der Waals surface area contributed by atoms with E-state index in [0.29, 0.717) is 48.7 Å². The zero-order chi connectivity index (χ0) is 24.8. The highest BCUT2D eigenvalue weighted by atomic mass is 16.5. The van der Waals surface area contributed by atoms with Gasteiger partial charge in [0.05, 0.1) is 21.3 Å². The van der Waals surface area contributed by atoms with Gasteiger partial charge in [0.1, 0.15) is 0 Å². The maximum atomic E-state index is 12.9. The van der Waals surface area contributed by atoms with Crippen LogP contribution in [0.1, 0.15) is 33.5 Å². The summed E-state index contributed by atoms with van der Waals surface area (Å²) >= 11 is 0. The molecule has 1 heterocycles. The number of ether oxygens (including phenoxy) is 3. The van der Waals surface area contributed by atoms with Gasteiger partial charge in [0.2, 0.25) is 11.7 Å². The number of anilines is 1. The minimum absolute atomic E-state index is 0.0113. The Morgan fingerprint density at radius 3 is 2.26 bits per heavy atom. The number of carbonyl (C=O) groups excluding carboxylic acids is 2. The van der Waals surface area contributed by atoms with Crippen LogP contribution in [0.5, 0.6) is 17.2 Å². The summed E-state index contributed by atoms with van der Waals surface area (Å²) in [6, 6.07) is 19.1. The first-order valence-corrected chi connectivity index (χ1v) is 11.6. The average Bonchev–Trinajstić information content (AvgIpc) is 3.33. The number of hydrogen-bond donors (Lipinski definition) is 1. The SMILES string of the molecule is COc1cc(CCC(=O)NCc2ccc3c(c2)CCN3C(=O)c2ccccc2)cc(OC)c1OC. The molecule has 0 bridgehead atoms. The van der Waals surface area contributed by atoms with E-state index in [1.165, 1.54) is 0 Å². The molecule has 0 spiro atoms. The zero-order valence-electron chi connectivity index (χ0n) is 20.3. The maximum absolute atomic E-state index is 12.9. The first kappa shape index (κ1) is 24.1. The van der Waals surface area contributed by atoms with Crippen LogP contribution in [0.25, 0.3) is 0 Å². The van der Waals surface area contributed by atoms with Crippen LogP contribution < -0.4 is 24.4 Å². The fraction of sp³-hybridized carbons (Fsp3) is 0.286. The summed E-state index contributed by atoms with van der Waals surface area (Å²) in [7, 11) is 4.70. The molecule has 7 nitrogen and oxygen atoms in total. The van der Waals surface area contributed by atoms with Crippen molar-refractivity contribution in [3.8, 4) is 17.2 Å². The van der Waals surface area contributed by atoms with Gasteiger partial charge in [0.15, 0.2) is 11.5 Å². The minimum atomic E-state index is -0.0415. The molecular formula is C28H30N2O5. The monoisotopic (exact) mass is 474 g/mol. The molecule has 7 heteroatoms. The van der Waals surface area contributed by atoms with Gasteiger partial charge >= 0.3 is 0 Å². The lowest BCUT2D eigenvalue weighted by atomic mass is 10.1. The van der Waals surface area contributed by atoms with Crippen LogP contribution in [0.15, 0.2) is 60.7 Å². The predicted octanol–water partition coefficient (Wildman–Crippen LogP) is 4.16. The van der Waals surface area contributed by atoms with E-state index in [0.717, 1.165) is 28.8 Å². The van der Waals surface area contributed by atoms with Gasteiger partial charge in [-0.1, -0.05) is 30.3 Å². The Morgan fingerprint density at radius 2 is 1.60 bits per heavy atom. The molecule has 1 N–H and O–H groups in total. The van der Waals surface area contributed by atoms with Gasteiger partial charge in [-0.05, 0) is 59.9 Å². The number of amides is 2. The van der Waals surface area contributed by atoms with E-state index in [2.05, 4.69) is 11.4 Å². The number of hydrogen-bond acceptors (Lipinski definition) is 5. The lowest BCUT2D eigenvalue weighted by Gasteiger charge is -2.17. The molecule has 3 aromatic carbocycles. The summed E-state index contributed by atoms with van der Waals surface area (Å²) in [4.78, 5) is 27.2. The van der Waals surface area contributed by atoms with Crippen LogP contribution in [0.3, 0.4) is 0 Å². The molecular weight excluding hydrogens is 444 g/mol. The van der Waals surface area contributed by atoms with Crippen LogP contribution in [-0.4, -0.2) is 39.7 Å². The lowest BCUT2D eigenvalue weighted by molar-refractivity contribution is -0.121. The fourth-order valence-electron chi connectivity index (χ4n) is 4.34. The van der Waals surface area contributed by atoms with Gasteiger partial charge in [-0.25, -0.2) is 0 Å². The molecule has 0 atom stereocenters. The van der Waals surface area contributed by atoms with E-state index < -0.39 is 0 Å². The highest BCUT2D eigenvalue weighted by Gasteiger charge is 2.25. The predicted molar refractivity (Wildman–Crippen MR) is 135 cm³/mol. The second-order valence-electron chi connectivity index (χ2n) is 8.35. The molecule has 0 radical (unpaired) electrons. The summed E-state index contributed by atoms with van der Waals surface area (Å²) in [5, 5.41) is 2.99. The summed E-state index contributed by atoms with van der Waals surface area (Å²) in [5.74, 6) is 1.64. The Hall–Kier alpha value is -4.00. The van der Waals surface area contributed by atoms with Crippen molar-refractivity contribution < 1.29 is 23.8 Å². The number of benzene rings is 3. The number of nitrogens with one attached hydrogen (secondary N) is 1. The number of nitrogens with zero attached hydrogens (tertiary/aromatic N) is 1. The standard InChI is InChI=1S/C28H30N2O5/c1-33-24-16-19(17-25(34-2)27(24)35-3)10-12-26(31)29-18-20-9-11-23-22(15-20)13-14-30(23)28(32)21-7-5-4-6-8-21/h4-9,11,15-17H,10,12-14,18H2,1-3H3,(H,29,31). The van der Waals surface area contributed by atoms with Crippen LogP contribution >= 0.6 is 0 Å². The third-order valence-corrected chi connectivity index (χ3v) is 6.16. The smallest absolute Gasteiger partial charge is 0.258 e. The van der Waals surface area contributed by atoms with Gasteiger partial charge in [0, 0.05) is 30.8 Å². The van der Waals surface area contributed by atoms with Gasteiger partial charge in [-0.3, -0.25) is 9.59 Å². The van der Waals surface area contributed by atoms with Gasteiger partial charge in [-0.15, -0.1) is 0 Å². The normalized spacial score (nSPS) is 12.1. The summed E-state index contributed by atoms with van der Waals surface area (Å²) in [6.07, 6.45) is 1.68. The van der Waals surface area contributed by atoms with Crippen LogP contribution in [0, 0.1) is 0 Å². The van der Waals surface area contributed by atoms with Crippen molar-refractivity contribution in [1.29, 1.82) is 0 Å². The van der Waals surface area contributed by atoms with Crippen molar-refractivity contribution in [1.82, 2.24) is 5.32 Å². The Balaban J connectivity index is 1.34. The first-order valence-electron chi connectivity index (χ1n) is 11.6. The van der Waals surface area contributed by atoms with Gasteiger partial charge < -0.3 is 24.4 Å². The Kier molecular flexibility index (Phi) is 7.55. The molecule has 0 aliphatic carbocycles. The molecule has 4 rings (SSSR count). The van der Waals surface area contributed by atoms with Crippen LogP contribution in [0.4, 0.5) is 5.69 Å². The van der Waals surface area contributed by atoms with Crippen molar-refractivity contribution in [2.24, 2.45) is 0 Å². The van der Waals surface area contributed by atoms with Crippen molar-refractivity contribution in [2.45, 2.75) is 25.8 Å². The van der Waals surface area contributed by atoms with Crippen molar-refractivity contribution in [2.75, 3.05) is 32.8 Å². The van der Waals surface area contributed by atoms with E-state index in [-0.39, 0.29) is 11.8 Å². The topological polar surface area (TPSA) is 77.1 Å². The average molecular weight is 475 g/mol. The molecule has 0 unspecified atom stereocenters. The molecule has 0 fully saturated rings. The molecule has 35 heavy (non-hydrogen) atoms. The Morgan fingerprint density at radius 1 is 0.886 bits per heavy atom. The second-order valence-corrected chi connectivity index (χ2v) is 8.35. The quantitative estimate of drug-likeness (QED) is 0.504. The Bertz CT molecular complexity index is 1180. The first-order chi connectivity index (χ1) is 17.0. The van der Waals surface area contributed by atoms with Gasteiger partial charge in [-0.2, -0.15) is 0 Å². The van der Waals surface area contributed by atoms with Gasteiger partial charge in [0.25, 0.3) is 5.91 Å². The van der Waals surface area contributed by atoms with Crippen molar-refractivity contribution >= 4 is 17.5 Å². The number of fused-ring (bicyclic) bond motifs is 1. The van der Waals surface area contributed by atoms with Crippen LogP contribution in [0.2, 0.25) is 0 Å². The summed E-state index contributed by atoms with van der Waals surface area (Å²) in [5.41, 5.74) is 4.69. The Labute approximate surface area is 205 Å². The number of carbonyl (C=O) groups is 2. The number of rotatable bonds is 9.